The van der Waals surface area contributed by atoms with Crippen LogP contribution < -0.4 is 4.90 Å². The summed E-state index contributed by atoms with van der Waals surface area (Å²) in [6, 6.07) is 16.3. The Morgan fingerprint density at radius 1 is 0.933 bits per heavy atom. The first-order valence-corrected chi connectivity index (χ1v) is 10.6. The quantitative estimate of drug-likeness (QED) is 0.463. The Morgan fingerprint density at radius 2 is 1.57 bits per heavy atom. The predicted molar refractivity (Wildman–Crippen MR) is 118 cm³/mol. The van der Waals surface area contributed by atoms with E-state index in [1.165, 1.54) is 0 Å². The van der Waals surface area contributed by atoms with Gasteiger partial charge in [0.05, 0.1) is 11.6 Å². The van der Waals surface area contributed by atoms with Crippen LogP contribution in [0.1, 0.15) is 49.3 Å². The fourth-order valence-corrected chi connectivity index (χ4v) is 4.62. The zero-order valence-electron chi connectivity index (χ0n) is 17.5. The van der Waals surface area contributed by atoms with Crippen molar-refractivity contribution in [2.45, 2.75) is 44.2 Å². The van der Waals surface area contributed by atoms with E-state index in [1.54, 1.807) is 17.0 Å². The van der Waals surface area contributed by atoms with Gasteiger partial charge in [-0.1, -0.05) is 61.7 Å². The summed E-state index contributed by atoms with van der Waals surface area (Å²) in [6.45, 7) is 0. The third-order valence-electron chi connectivity index (χ3n) is 6.22. The van der Waals surface area contributed by atoms with Crippen molar-refractivity contribution in [2.75, 3.05) is 19.0 Å². The minimum Gasteiger partial charge on any atom is -0.507 e. The molecule has 4 rings (SSSR count). The molecule has 1 aliphatic heterocycles. The van der Waals surface area contributed by atoms with Crippen LogP contribution in [0.3, 0.4) is 0 Å². The van der Waals surface area contributed by atoms with E-state index in [0.29, 0.717) is 5.56 Å². The first-order valence-electron chi connectivity index (χ1n) is 10.6. The number of likely N-dealkylation sites (tertiary alicyclic amines) is 1. The lowest BCUT2D eigenvalue weighted by atomic mass is 9.91. The highest BCUT2D eigenvalue weighted by Gasteiger charge is 2.48. The molecule has 2 aliphatic rings. The normalized spacial score (nSPS) is 21.8. The second-order valence-corrected chi connectivity index (χ2v) is 8.35. The molecule has 1 unspecified atom stereocenters. The van der Waals surface area contributed by atoms with Crippen LogP contribution in [0.5, 0.6) is 0 Å². The Hall–Kier alpha value is -3.08. The average molecular weight is 405 g/mol. The molecule has 0 spiro atoms. The summed E-state index contributed by atoms with van der Waals surface area (Å²) >= 11 is 0. The highest BCUT2D eigenvalue weighted by Crippen LogP contribution is 2.43. The summed E-state index contributed by atoms with van der Waals surface area (Å²) < 4.78 is 0. The van der Waals surface area contributed by atoms with Crippen LogP contribution in [0.2, 0.25) is 0 Å². The van der Waals surface area contributed by atoms with Crippen molar-refractivity contribution in [3.63, 3.8) is 0 Å². The van der Waals surface area contributed by atoms with Gasteiger partial charge in [-0.15, -0.1) is 0 Å². The summed E-state index contributed by atoms with van der Waals surface area (Å²) in [5.41, 5.74) is 2.63. The number of benzene rings is 2. The molecule has 5 heteroatoms. The monoisotopic (exact) mass is 404 g/mol. The van der Waals surface area contributed by atoms with Gasteiger partial charge in [-0.2, -0.15) is 0 Å². The lowest BCUT2D eigenvalue weighted by Crippen LogP contribution is -2.40. The Morgan fingerprint density at radius 3 is 2.17 bits per heavy atom. The Bertz CT molecular complexity index is 958. The van der Waals surface area contributed by atoms with Crippen LogP contribution in [0.15, 0.2) is 60.2 Å². The number of amides is 1. The number of anilines is 1. The third-order valence-corrected chi connectivity index (χ3v) is 6.22. The fourth-order valence-electron chi connectivity index (χ4n) is 4.62. The van der Waals surface area contributed by atoms with Crippen LogP contribution >= 0.6 is 0 Å². The van der Waals surface area contributed by atoms with Gasteiger partial charge in [0.25, 0.3) is 11.7 Å². The molecular formula is C25H28N2O3. The molecule has 30 heavy (non-hydrogen) atoms. The van der Waals surface area contributed by atoms with E-state index < -0.39 is 17.7 Å². The first kappa shape index (κ1) is 20.2. The van der Waals surface area contributed by atoms with Crippen molar-refractivity contribution < 1.29 is 14.7 Å². The van der Waals surface area contributed by atoms with Crippen LogP contribution in [0.25, 0.3) is 5.76 Å². The fraction of sp³-hybridized carbons (Fsp3) is 0.360. The number of carbonyl (C=O) groups excluding carboxylic acids is 2. The van der Waals surface area contributed by atoms with Gasteiger partial charge < -0.3 is 14.9 Å². The number of aliphatic hydroxyl groups excluding tert-OH is 1. The minimum absolute atomic E-state index is 0.0230. The maximum atomic E-state index is 13.1. The highest BCUT2D eigenvalue weighted by molar-refractivity contribution is 6.46. The number of Topliss-reactive ketones (excluding diaryl/α,β-unsaturated/α-hetero) is 1. The topological polar surface area (TPSA) is 60.9 Å². The van der Waals surface area contributed by atoms with Gasteiger partial charge in [-0.25, -0.2) is 0 Å². The van der Waals surface area contributed by atoms with E-state index in [9.17, 15) is 14.7 Å². The number of hydrogen-bond donors (Lipinski definition) is 1. The molecule has 1 saturated heterocycles. The van der Waals surface area contributed by atoms with Crippen molar-refractivity contribution in [1.29, 1.82) is 0 Å². The number of nitrogens with zero attached hydrogens (tertiary/aromatic N) is 2. The van der Waals surface area contributed by atoms with Crippen molar-refractivity contribution in [2.24, 2.45) is 0 Å². The van der Waals surface area contributed by atoms with Crippen LogP contribution in [0.4, 0.5) is 5.69 Å². The molecule has 2 aromatic rings. The molecule has 0 aromatic heterocycles. The molecule has 0 bridgehead atoms. The summed E-state index contributed by atoms with van der Waals surface area (Å²) in [5, 5.41) is 11.1. The van der Waals surface area contributed by atoms with Crippen molar-refractivity contribution in [3.05, 3.63) is 71.3 Å². The lowest BCUT2D eigenvalue weighted by molar-refractivity contribution is -0.141. The highest BCUT2D eigenvalue weighted by atomic mass is 16.3. The number of ketones is 1. The third kappa shape index (κ3) is 3.60. The van der Waals surface area contributed by atoms with Crippen LogP contribution in [-0.4, -0.2) is 41.8 Å². The number of rotatable bonds is 4. The molecule has 1 amide bonds. The molecule has 5 nitrogen and oxygen atoms in total. The van der Waals surface area contributed by atoms with Crippen molar-refractivity contribution in [3.8, 4) is 0 Å². The molecule has 1 atom stereocenters. The van der Waals surface area contributed by atoms with E-state index in [0.717, 1.165) is 43.4 Å². The van der Waals surface area contributed by atoms with E-state index in [-0.39, 0.29) is 17.4 Å². The van der Waals surface area contributed by atoms with Gasteiger partial charge in [0.2, 0.25) is 0 Å². The van der Waals surface area contributed by atoms with E-state index in [2.05, 4.69) is 0 Å². The molecule has 1 heterocycles. The molecule has 0 radical (unpaired) electrons. The van der Waals surface area contributed by atoms with E-state index in [4.69, 9.17) is 0 Å². The molecule has 2 aromatic carbocycles. The van der Waals surface area contributed by atoms with Gasteiger partial charge in [0, 0.05) is 31.4 Å². The molecule has 156 valence electrons. The standard InChI is InChI=1S/C25H28N2O3/c1-26(2)19-15-13-17(14-16-19)22-21(23(28)18-9-5-3-6-10-18)24(29)25(30)27(22)20-11-7-4-8-12-20/h3,5-6,9-10,13-16,20,22,28H,4,7-8,11-12H2,1-2H3/b23-21-. The van der Waals surface area contributed by atoms with Gasteiger partial charge in [0.1, 0.15) is 5.76 Å². The Balaban J connectivity index is 1.85. The predicted octanol–water partition coefficient (Wildman–Crippen LogP) is 4.51. The number of hydrogen-bond acceptors (Lipinski definition) is 4. The summed E-state index contributed by atoms with van der Waals surface area (Å²) in [4.78, 5) is 30.0. The minimum atomic E-state index is -0.594. The zero-order chi connectivity index (χ0) is 21.3. The second-order valence-electron chi connectivity index (χ2n) is 8.35. The molecular weight excluding hydrogens is 376 g/mol. The largest absolute Gasteiger partial charge is 0.507 e. The summed E-state index contributed by atoms with van der Waals surface area (Å²) in [6.07, 6.45) is 5.05. The molecule has 1 saturated carbocycles. The van der Waals surface area contributed by atoms with Gasteiger partial charge in [-0.05, 0) is 30.5 Å². The van der Waals surface area contributed by atoms with Gasteiger partial charge >= 0.3 is 0 Å². The van der Waals surface area contributed by atoms with E-state index >= 15 is 0 Å². The zero-order valence-corrected chi connectivity index (χ0v) is 17.5. The smallest absolute Gasteiger partial charge is 0.295 e. The molecule has 1 aliphatic carbocycles. The number of aliphatic hydroxyl groups is 1. The summed E-state index contributed by atoms with van der Waals surface area (Å²) in [7, 11) is 3.94. The summed E-state index contributed by atoms with van der Waals surface area (Å²) in [5.74, 6) is -1.20. The Kier molecular flexibility index (Phi) is 5.62. The maximum Gasteiger partial charge on any atom is 0.295 e. The van der Waals surface area contributed by atoms with Crippen LogP contribution in [0, 0.1) is 0 Å². The number of carbonyl (C=O) groups is 2. The van der Waals surface area contributed by atoms with Gasteiger partial charge in [-0.3, -0.25) is 9.59 Å². The second kappa shape index (κ2) is 8.34. The SMILES string of the molecule is CN(C)c1ccc(C2/C(=C(/O)c3ccccc3)C(=O)C(=O)N2C2CCCCC2)cc1. The average Bonchev–Trinajstić information content (AvgIpc) is 3.05. The Labute approximate surface area is 177 Å². The van der Waals surface area contributed by atoms with Crippen molar-refractivity contribution in [1.82, 2.24) is 4.90 Å². The van der Waals surface area contributed by atoms with Crippen molar-refractivity contribution >= 4 is 23.1 Å². The van der Waals surface area contributed by atoms with E-state index in [1.807, 2.05) is 61.5 Å². The van der Waals surface area contributed by atoms with Crippen LogP contribution in [-0.2, 0) is 9.59 Å². The maximum absolute atomic E-state index is 13.1. The molecule has 2 fully saturated rings. The lowest BCUT2D eigenvalue weighted by Gasteiger charge is -2.35. The molecule has 1 N–H and O–H groups in total. The first-order chi connectivity index (χ1) is 14.5. The van der Waals surface area contributed by atoms with Gasteiger partial charge in [0.15, 0.2) is 0 Å².